The fourth-order valence-corrected chi connectivity index (χ4v) is 4.63. The van der Waals surface area contributed by atoms with Crippen molar-refractivity contribution in [2.24, 2.45) is 0 Å². The van der Waals surface area contributed by atoms with E-state index in [2.05, 4.69) is 13.8 Å². The smallest absolute Gasteiger partial charge is 0.343 e. The van der Waals surface area contributed by atoms with Crippen LogP contribution in [0.1, 0.15) is 41.3 Å². The molecule has 2 aromatic carbocycles. The summed E-state index contributed by atoms with van der Waals surface area (Å²) >= 11 is 0. The fraction of sp³-hybridized carbons (Fsp3) is 0.381. The van der Waals surface area contributed by atoms with Gasteiger partial charge in [0.2, 0.25) is 10.0 Å². The summed E-state index contributed by atoms with van der Waals surface area (Å²) in [5.74, 6) is 0.342. The van der Waals surface area contributed by atoms with E-state index in [9.17, 15) is 13.2 Å². The van der Waals surface area contributed by atoms with Crippen LogP contribution in [-0.4, -0.2) is 45.0 Å². The zero-order valence-electron chi connectivity index (χ0n) is 16.3. The van der Waals surface area contributed by atoms with E-state index in [0.717, 1.165) is 5.56 Å². The zero-order chi connectivity index (χ0) is 20.3. The molecule has 0 spiro atoms. The molecule has 2 aromatic rings. The lowest BCUT2D eigenvalue weighted by Crippen LogP contribution is -2.40. The van der Waals surface area contributed by atoms with Gasteiger partial charge in [0.1, 0.15) is 5.75 Å². The molecule has 0 atom stereocenters. The van der Waals surface area contributed by atoms with E-state index in [4.69, 9.17) is 9.47 Å². The molecule has 7 heteroatoms. The highest BCUT2D eigenvalue weighted by Gasteiger charge is 2.26. The van der Waals surface area contributed by atoms with Crippen molar-refractivity contribution >= 4 is 16.0 Å². The average Bonchev–Trinajstić information content (AvgIpc) is 2.68. The lowest BCUT2D eigenvalue weighted by molar-refractivity contribution is 0.0730. The Morgan fingerprint density at radius 2 is 1.71 bits per heavy atom. The first kappa shape index (κ1) is 20.5. The Kier molecular flexibility index (Phi) is 6.17. The molecule has 3 rings (SSSR count). The maximum absolute atomic E-state index is 12.6. The van der Waals surface area contributed by atoms with Crippen molar-refractivity contribution in [3.05, 3.63) is 59.2 Å². The molecule has 0 amide bonds. The third kappa shape index (κ3) is 4.43. The lowest BCUT2D eigenvalue weighted by Gasteiger charge is -2.26. The molecule has 0 unspecified atom stereocenters. The second kappa shape index (κ2) is 8.43. The number of benzene rings is 2. The molecule has 0 saturated carbocycles. The second-order valence-electron chi connectivity index (χ2n) is 7.10. The molecule has 1 saturated heterocycles. The first-order valence-electron chi connectivity index (χ1n) is 9.29. The van der Waals surface area contributed by atoms with E-state index in [0.29, 0.717) is 43.5 Å². The van der Waals surface area contributed by atoms with Gasteiger partial charge in [0.15, 0.2) is 0 Å². The number of carbonyl (C=O) groups excluding carboxylic acids is 1. The largest absolute Gasteiger partial charge is 0.423 e. The quantitative estimate of drug-likeness (QED) is 0.565. The minimum atomic E-state index is -3.58. The molecule has 1 fully saturated rings. The van der Waals surface area contributed by atoms with Crippen molar-refractivity contribution in [2.75, 3.05) is 26.3 Å². The highest BCUT2D eigenvalue weighted by atomic mass is 32.2. The zero-order valence-corrected chi connectivity index (χ0v) is 17.2. The van der Waals surface area contributed by atoms with Gasteiger partial charge >= 0.3 is 5.97 Å². The summed E-state index contributed by atoms with van der Waals surface area (Å²) in [7, 11) is -3.58. The molecule has 0 bridgehead atoms. The molecule has 1 heterocycles. The number of carbonyl (C=O) groups is 1. The van der Waals surface area contributed by atoms with Crippen molar-refractivity contribution < 1.29 is 22.7 Å². The molecule has 0 radical (unpaired) electrons. The van der Waals surface area contributed by atoms with Gasteiger partial charge in [-0.25, -0.2) is 13.2 Å². The fourth-order valence-electron chi connectivity index (χ4n) is 3.22. The summed E-state index contributed by atoms with van der Waals surface area (Å²) in [6.45, 7) is 7.64. The van der Waals surface area contributed by atoms with Crippen LogP contribution in [0, 0.1) is 6.92 Å². The van der Waals surface area contributed by atoms with Crippen LogP contribution in [0.15, 0.2) is 47.4 Å². The molecule has 1 aliphatic rings. The minimum absolute atomic E-state index is 0.156. The van der Waals surface area contributed by atoms with Crippen LogP contribution in [-0.2, 0) is 14.8 Å². The summed E-state index contributed by atoms with van der Waals surface area (Å²) in [5.41, 5.74) is 2.57. The maximum Gasteiger partial charge on any atom is 0.343 e. The topological polar surface area (TPSA) is 72.9 Å². The maximum atomic E-state index is 12.6. The predicted octanol–water partition coefficient (Wildman–Crippen LogP) is 3.36. The number of sulfonamides is 1. The van der Waals surface area contributed by atoms with E-state index in [1.54, 1.807) is 6.07 Å². The van der Waals surface area contributed by atoms with Crippen LogP contribution < -0.4 is 4.74 Å². The molecule has 6 nitrogen and oxygen atoms in total. The summed E-state index contributed by atoms with van der Waals surface area (Å²) in [5, 5.41) is 0. The van der Waals surface area contributed by atoms with Gasteiger partial charge < -0.3 is 9.47 Å². The van der Waals surface area contributed by atoms with E-state index in [1.807, 2.05) is 19.1 Å². The molecular formula is C21H25NO5S. The highest BCUT2D eigenvalue weighted by Crippen LogP contribution is 2.24. The SMILES string of the molecule is Cc1cc(OC(=O)c2ccc(S(=O)(=O)N3CCOCC3)cc2)ccc1C(C)C. The standard InChI is InChI=1S/C21H25NO5S/c1-15(2)20-9-6-18(14-16(20)3)27-21(23)17-4-7-19(8-5-17)28(24,25)22-10-12-26-13-11-22/h4-9,14-15H,10-13H2,1-3H3. The number of nitrogens with zero attached hydrogens (tertiary/aromatic N) is 1. The van der Waals surface area contributed by atoms with Gasteiger partial charge in [-0.2, -0.15) is 4.31 Å². The molecule has 0 N–H and O–H groups in total. The van der Waals surface area contributed by atoms with Crippen molar-refractivity contribution in [1.82, 2.24) is 4.31 Å². The number of esters is 1. The lowest BCUT2D eigenvalue weighted by atomic mass is 9.98. The van der Waals surface area contributed by atoms with Gasteiger partial charge in [-0.05, 0) is 60.4 Å². The van der Waals surface area contributed by atoms with Gasteiger partial charge in [-0.1, -0.05) is 19.9 Å². The Morgan fingerprint density at radius 1 is 1.07 bits per heavy atom. The Balaban J connectivity index is 1.72. The number of ether oxygens (including phenoxy) is 2. The second-order valence-corrected chi connectivity index (χ2v) is 9.04. The molecule has 28 heavy (non-hydrogen) atoms. The van der Waals surface area contributed by atoms with Gasteiger partial charge in [-0.15, -0.1) is 0 Å². The number of hydrogen-bond donors (Lipinski definition) is 0. The first-order chi connectivity index (χ1) is 13.3. The third-order valence-electron chi connectivity index (χ3n) is 4.77. The van der Waals surface area contributed by atoms with E-state index in [-0.39, 0.29) is 4.90 Å². The molecular weight excluding hydrogens is 378 g/mol. The van der Waals surface area contributed by atoms with E-state index < -0.39 is 16.0 Å². The summed E-state index contributed by atoms with van der Waals surface area (Å²) in [4.78, 5) is 12.6. The van der Waals surface area contributed by atoms with Crippen molar-refractivity contribution in [3.63, 3.8) is 0 Å². The van der Waals surface area contributed by atoms with E-state index >= 15 is 0 Å². The van der Waals surface area contributed by atoms with Crippen LogP contribution in [0.4, 0.5) is 0 Å². The van der Waals surface area contributed by atoms with Gasteiger partial charge in [0.05, 0.1) is 23.7 Å². The number of morpholine rings is 1. The van der Waals surface area contributed by atoms with Crippen LogP contribution in [0.3, 0.4) is 0 Å². The molecule has 0 aromatic heterocycles. The predicted molar refractivity (Wildman–Crippen MR) is 106 cm³/mol. The molecule has 0 aliphatic carbocycles. The average molecular weight is 404 g/mol. The van der Waals surface area contributed by atoms with Gasteiger partial charge in [-0.3, -0.25) is 0 Å². The summed E-state index contributed by atoms with van der Waals surface area (Å²) < 4.78 is 37.3. The number of rotatable bonds is 5. The Labute approximate surface area is 166 Å². The van der Waals surface area contributed by atoms with Crippen LogP contribution in [0.2, 0.25) is 0 Å². The van der Waals surface area contributed by atoms with Crippen molar-refractivity contribution in [2.45, 2.75) is 31.6 Å². The number of aryl methyl sites for hydroxylation is 1. The van der Waals surface area contributed by atoms with Crippen LogP contribution in [0.25, 0.3) is 0 Å². The molecule has 150 valence electrons. The normalized spacial score (nSPS) is 15.6. The van der Waals surface area contributed by atoms with Crippen molar-refractivity contribution in [1.29, 1.82) is 0 Å². The van der Waals surface area contributed by atoms with Crippen LogP contribution in [0.5, 0.6) is 5.75 Å². The van der Waals surface area contributed by atoms with E-state index in [1.165, 1.54) is 34.1 Å². The van der Waals surface area contributed by atoms with Gasteiger partial charge in [0, 0.05) is 13.1 Å². The van der Waals surface area contributed by atoms with Crippen molar-refractivity contribution in [3.8, 4) is 5.75 Å². The Morgan fingerprint density at radius 3 is 2.29 bits per heavy atom. The third-order valence-corrected chi connectivity index (χ3v) is 6.68. The molecule has 1 aliphatic heterocycles. The number of hydrogen-bond acceptors (Lipinski definition) is 5. The van der Waals surface area contributed by atoms with Crippen LogP contribution >= 0.6 is 0 Å². The minimum Gasteiger partial charge on any atom is -0.423 e. The Bertz CT molecular complexity index is 945. The summed E-state index contributed by atoms with van der Waals surface area (Å²) in [6, 6.07) is 11.4. The summed E-state index contributed by atoms with van der Waals surface area (Å²) in [6.07, 6.45) is 0. The first-order valence-corrected chi connectivity index (χ1v) is 10.7. The highest BCUT2D eigenvalue weighted by molar-refractivity contribution is 7.89. The monoisotopic (exact) mass is 403 g/mol. The van der Waals surface area contributed by atoms with Gasteiger partial charge in [0.25, 0.3) is 0 Å². The Hall–Kier alpha value is -2.22.